The fourth-order valence-electron chi connectivity index (χ4n) is 0.937. The Labute approximate surface area is 90.0 Å². The van der Waals surface area contributed by atoms with E-state index in [2.05, 4.69) is 4.74 Å². The highest BCUT2D eigenvalue weighted by Gasteiger charge is 2.19. The summed E-state index contributed by atoms with van der Waals surface area (Å²) >= 11 is 0. The molecule has 0 fully saturated rings. The first-order chi connectivity index (χ1) is 7.41. The van der Waals surface area contributed by atoms with E-state index in [-0.39, 0.29) is 0 Å². The first kappa shape index (κ1) is 12.1. The normalized spacial score (nSPS) is 11.9. The zero-order chi connectivity index (χ0) is 12.3. The molecule has 6 heteroatoms. The number of hydrogen-bond acceptors (Lipinski definition) is 3. The average molecular weight is 229 g/mol. The van der Waals surface area contributed by atoms with Crippen LogP contribution in [0.25, 0.3) is 0 Å². The number of carbonyl (C=O) groups is 2. The Morgan fingerprint density at radius 2 is 2.00 bits per heavy atom. The molecule has 86 valence electrons. The van der Waals surface area contributed by atoms with E-state index < -0.39 is 35.2 Å². The van der Waals surface area contributed by atoms with Gasteiger partial charge in [-0.15, -0.1) is 0 Å². The van der Waals surface area contributed by atoms with E-state index in [0.717, 1.165) is 12.1 Å². The monoisotopic (exact) mass is 229 g/mol. The maximum absolute atomic E-state index is 13.1. The van der Waals surface area contributed by atoms with Crippen LogP contribution in [0, 0.1) is 11.6 Å². The summed E-state index contributed by atoms with van der Waals surface area (Å²) < 4.78 is 30.2. The van der Waals surface area contributed by atoms with E-state index in [1.807, 2.05) is 0 Å². The average Bonchev–Trinajstić information content (AvgIpc) is 2.16. The molecule has 0 aromatic heterocycles. The lowest BCUT2D eigenvalue weighted by Crippen LogP contribution is -2.30. The van der Waals surface area contributed by atoms with Crippen molar-refractivity contribution in [3.63, 3.8) is 0 Å². The molecule has 0 saturated carbocycles. The Balaban J connectivity index is 2.85. The van der Waals surface area contributed by atoms with Gasteiger partial charge in [-0.3, -0.25) is 4.79 Å². The third-order valence-corrected chi connectivity index (χ3v) is 1.84. The van der Waals surface area contributed by atoms with Gasteiger partial charge in [0, 0.05) is 6.07 Å². The highest BCUT2D eigenvalue weighted by atomic mass is 19.1. The molecule has 1 amide bonds. The maximum atomic E-state index is 13.1. The van der Waals surface area contributed by atoms with Crippen molar-refractivity contribution < 1.29 is 23.1 Å². The predicted octanol–water partition coefficient (Wildman–Crippen LogP) is 0.995. The second-order valence-electron chi connectivity index (χ2n) is 3.07. The minimum absolute atomic E-state index is 0.450. The van der Waals surface area contributed by atoms with Crippen molar-refractivity contribution in [2.24, 2.45) is 5.73 Å². The molecule has 1 rings (SSSR count). The van der Waals surface area contributed by atoms with Gasteiger partial charge in [0.25, 0.3) is 5.91 Å². The van der Waals surface area contributed by atoms with Crippen molar-refractivity contribution in [1.82, 2.24) is 0 Å². The molecule has 4 nitrogen and oxygen atoms in total. The van der Waals surface area contributed by atoms with E-state index in [1.54, 1.807) is 0 Å². The van der Waals surface area contributed by atoms with Crippen LogP contribution in [-0.2, 0) is 9.53 Å². The van der Waals surface area contributed by atoms with Crippen LogP contribution in [0.5, 0.6) is 0 Å². The summed E-state index contributed by atoms with van der Waals surface area (Å²) in [5, 5.41) is 0. The van der Waals surface area contributed by atoms with Crippen molar-refractivity contribution in [3.8, 4) is 0 Å². The summed E-state index contributed by atoms with van der Waals surface area (Å²) in [6.45, 7) is 1.25. The fraction of sp³-hybridized carbons (Fsp3) is 0.200. The van der Waals surface area contributed by atoms with Gasteiger partial charge in [-0.05, 0) is 19.1 Å². The third-order valence-electron chi connectivity index (χ3n) is 1.84. The second-order valence-corrected chi connectivity index (χ2v) is 3.07. The van der Waals surface area contributed by atoms with E-state index in [0.29, 0.717) is 6.07 Å². The lowest BCUT2D eigenvalue weighted by molar-refractivity contribution is -0.125. The molecule has 0 spiro atoms. The third kappa shape index (κ3) is 2.75. The highest BCUT2D eigenvalue weighted by Crippen LogP contribution is 2.11. The summed E-state index contributed by atoms with van der Waals surface area (Å²) in [5.41, 5.74) is 4.41. The number of benzene rings is 1. The van der Waals surface area contributed by atoms with Crippen molar-refractivity contribution >= 4 is 11.9 Å². The Hall–Kier alpha value is -1.98. The van der Waals surface area contributed by atoms with E-state index in [1.165, 1.54) is 6.92 Å². The van der Waals surface area contributed by atoms with E-state index in [9.17, 15) is 18.4 Å². The number of nitrogens with two attached hydrogens (primary N) is 1. The lowest BCUT2D eigenvalue weighted by Gasteiger charge is -2.09. The van der Waals surface area contributed by atoms with Crippen LogP contribution < -0.4 is 5.73 Å². The van der Waals surface area contributed by atoms with Crippen LogP contribution in [0.2, 0.25) is 0 Å². The number of ether oxygens (including phenoxy) is 1. The zero-order valence-electron chi connectivity index (χ0n) is 8.37. The van der Waals surface area contributed by atoms with Crippen molar-refractivity contribution in [3.05, 3.63) is 35.4 Å². The molecule has 2 N–H and O–H groups in total. The molecular weight excluding hydrogens is 220 g/mol. The summed E-state index contributed by atoms with van der Waals surface area (Å²) in [7, 11) is 0. The molecular formula is C10H9F2NO3. The molecule has 0 aliphatic carbocycles. The van der Waals surface area contributed by atoms with Crippen LogP contribution >= 0.6 is 0 Å². The summed E-state index contributed by atoms with van der Waals surface area (Å²) in [5.74, 6) is -3.78. The Morgan fingerprint density at radius 1 is 1.38 bits per heavy atom. The number of rotatable bonds is 3. The smallest absolute Gasteiger partial charge is 0.341 e. The predicted molar refractivity (Wildman–Crippen MR) is 50.4 cm³/mol. The molecule has 0 heterocycles. The summed E-state index contributed by atoms with van der Waals surface area (Å²) in [6, 6.07) is 2.39. The van der Waals surface area contributed by atoms with Crippen LogP contribution in [0.4, 0.5) is 8.78 Å². The number of carbonyl (C=O) groups excluding carboxylic acids is 2. The van der Waals surface area contributed by atoms with Crippen molar-refractivity contribution in [1.29, 1.82) is 0 Å². The standard InChI is InChI=1S/C10H9F2NO3/c1-5(9(13)14)16-10(15)7-3-2-6(11)4-8(7)12/h2-5H,1H3,(H2,13,14). The lowest BCUT2D eigenvalue weighted by atomic mass is 10.2. The number of hydrogen-bond donors (Lipinski definition) is 1. The van der Waals surface area contributed by atoms with Gasteiger partial charge in [0.2, 0.25) is 0 Å². The van der Waals surface area contributed by atoms with Gasteiger partial charge in [-0.1, -0.05) is 0 Å². The molecule has 0 aliphatic rings. The van der Waals surface area contributed by atoms with Crippen LogP contribution in [0.1, 0.15) is 17.3 Å². The van der Waals surface area contributed by atoms with E-state index >= 15 is 0 Å². The minimum atomic E-state index is -1.17. The Kier molecular flexibility index (Phi) is 3.55. The Morgan fingerprint density at radius 3 is 2.50 bits per heavy atom. The van der Waals surface area contributed by atoms with Crippen LogP contribution in [0.3, 0.4) is 0 Å². The van der Waals surface area contributed by atoms with Gasteiger partial charge in [-0.25, -0.2) is 13.6 Å². The maximum Gasteiger partial charge on any atom is 0.341 e. The van der Waals surface area contributed by atoms with Crippen molar-refractivity contribution in [2.45, 2.75) is 13.0 Å². The van der Waals surface area contributed by atoms with Crippen LogP contribution in [-0.4, -0.2) is 18.0 Å². The molecule has 1 aromatic carbocycles. The number of primary amides is 1. The number of halogens is 2. The van der Waals surface area contributed by atoms with E-state index in [4.69, 9.17) is 5.73 Å². The SMILES string of the molecule is CC(OC(=O)c1ccc(F)cc1F)C(N)=O. The zero-order valence-corrected chi connectivity index (χ0v) is 8.37. The van der Waals surface area contributed by atoms with Gasteiger partial charge >= 0.3 is 5.97 Å². The first-order valence-electron chi connectivity index (χ1n) is 4.37. The van der Waals surface area contributed by atoms with Gasteiger partial charge in [0.15, 0.2) is 6.10 Å². The van der Waals surface area contributed by atoms with Gasteiger partial charge in [0.05, 0.1) is 5.56 Å². The molecule has 16 heavy (non-hydrogen) atoms. The second kappa shape index (κ2) is 4.69. The Bertz CT molecular complexity index is 434. The van der Waals surface area contributed by atoms with Crippen molar-refractivity contribution in [2.75, 3.05) is 0 Å². The number of esters is 1. The molecule has 0 saturated heterocycles. The number of amides is 1. The topological polar surface area (TPSA) is 69.4 Å². The molecule has 0 radical (unpaired) electrons. The highest BCUT2D eigenvalue weighted by molar-refractivity contribution is 5.92. The molecule has 1 unspecified atom stereocenters. The summed E-state index contributed by atoms with van der Waals surface area (Å²) in [6.07, 6.45) is -1.17. The van der Waals surface area contributed by atoms with Crippen LogP contribution in [0.15, 0.2) is 18.2 Å². The van der Waals surface area contributed by atoms with Gasteiger partial charge in [-0.2, -0.15) is 0 Å². The largest absolute Gasteiger partial charge is 0.449 e. The fourth-order valence-corrected chi connectivity index (χ4v) is 0.937. The molecule has 0 aliphatic heterocycles. The quantitative estimate of drug-likeness (QED) is 0.786. The van der Waals surface area contributed by atoms with Gasteiger partial charge in [0.1, 0.15) is 11.6 Å². The minimum Gasteiger partial charge on any atom is -0.449 e. The molecule has 0 bridgehead atoms. The first-order valence-corrected chi connectivity index (χ1v) is 4.37. The molecule has 1 aromatic rings. The summed E-state index contributed by atoms with van der Waals surface area (Å²) in [4.78, 5) is 21.9. The van der Waals surface area contributed by atoms with Gasteiger partial charge < -0.3 is 10.5 Å². The molecule has 1 atom stereocenters.